The maximum absolute atomic E-state index is 13.2. The fourth-order valence-electron chi connectivity index (χ4n) is 3.15. The lowest BCUT2D eigenvalue weighted by molar-refractivity contribution is 0.0926. The molecule has 0 spiro atoms. The van der Waals surface area contributed by atoms with E-state index in [1.807, 2.05) is 6.07 Å². The molecule has 0 saturated heterocycles. The van der Waals surface area contributed by atoms with Crippen LogP contribution in [0.3, 0.4) is 0 Å². The zero-order chi connectivity index (χ0) is 18.5. The molecule has 1 aromatic carbocycles. The molecule has 0 atom stereocenters. The van der Waals surface area contributed by atoms with Crippen LogP contribution in [0.4, 0.5) is 10.2 Å². The molecule has 0 unspecified atom stereocenters. The summed E-state index contributed by atoms with van der Waals surface area (Å²) in [6.07, 6.45) is 5.17. The number of halogens is 3. The highest BCUT2D eigenvalue weighted by Gasteiger charge is 2.23. The Morgan fingerprint density at radius 2 is 1.89 bits per heavy atom. The summed E-state index contributed by atoms with van der Waals surface area (Å²) in [6, 6.07) is 7.96. The molecule has 1 aromatic heterocycles. The van der Waals surface area contributed by atoms with Crippen molar-refractivity contribution in [2.24, 2.45) is 0 Å². The van der Waals surface area contributed by atoms with E-state index in [4.69, 9.17) is 11.6 Å². The second kappa shape index (κ2) is 9.88. The third kappa shape index (κ3) is 5.79. The normalized spacial score (nSPS) is 19.1. The van der Waals surface area contributed by atoms with Crippen molar-refractivity contribution in [1.82, 2.24) is 10.3 Å². The lowest BCUT2D eigenvalue weighted by Gasteiger charge is -2.30. The number of hydrogen-bond acceptors (Lipinski definition) is 4. The van der Waals surface area contributed by atoms with Crippen molar-refractivity contribution in [2.45, 2.75) is 44.4 Å². The lowest BCUT2D eigenvalue weighted by Crippen LogP contribution is -2.40. The van der Waals surface area contributed by atoms with Gasteiger partial charge in [0.1, 0.15) is 11.6 Å². The van der Waals surface area contributed by atoms with Gasteiger partial charge in [-0.2, -0.15) is 0 Å². The maximum Gasteiger partial charge on any atom is 0.251 e. The summed E-state index contributed by atoms with van der Waals surface area (Å²) in [5, 5.41) is 15.5. The van der Waals surface area contributed by atoms with Crippen molar-refractivity contribution in [3.63, 3.8) is 0 Å². The zero-order valence-electron chi connectivity index (χ0n) is 14.6. The topological polar surface area (TPSA) is 74.2 Å². The monoisotopic (exact) mass is 413 g/mol. The second-order valence-corrected chi connectivity index (χ2v) is 6.91. The molecule has 0 bridgehead atoms. The third-order valence-electron chi connectivity index (χ3n) is 4.60. The summed E-state index contributed by atoms with van der Waals surface area (Å²) in [5.41, 5.74) is 1.18. The molecule has 27 heavy (non-hydrogen) atoms. The molecule has 1 aliphatic rings. The predicted molar refractivity (Wildman–Crippen MR) is 106 cm³/mol. The number of rotatable bonds is 5. The summed E-state index contributed by atoms with van der Waals surface area (Å²) in [5.74, 6) is -0.0145. The van der Waals surface area contributed by atoms with E-state index in [2.05, 4.69) is 15.6 Å². The summed E-state index contributed by atoms with van der Waals surface area (Å²) in [7, 11) is 0. The summed E-state index contributed by atoms with van der Waals surface area (Å²) in [4.78, 5) is 16.5. The lowest BCUT2D eigenvalue weighted by atomic mass is 9.91. The number of nitrogens with zero attached hydrogens (tertiary/aromatic N) is 1. The number of aromatic nitrogens is 1. The van der Waals surface area contributed by atoms with Crippen LogP contribution in [0, 0.1) is 5.82 Å². The number of nitrogens with one attached hydrogen (secondary N) is 2. The van der Waals surface area contributed by atoms with Gasteiger partial charge in [-0.1, -0.05) is 11.6 Å². The van der Waals surface area contributed by atoms with E-state index >= 15 is 0 Å². The second-order valence-electron chi connectivity index (χ2n) is 6.50. The fourth-order valence-corrected chi connectivity index (χ4v) is 3.33. The highest BCUT2D eigenvalue weighted by molar-refractivity contribution is 6.31. The molecule has 1 amide bonds. The van der Waals surface area contributed by atoms with Gasteiger partial charge in [0.25, 0.3) is 5.91 Å². The number of carbonyl (C=O) groups excluding carboxylic acids is 1. The first-order valence-electron chi connectivity index (χ1n) is 8.63. The average molecular weight is 414 g/mol. The summed E-state index contributed by atoms with van der Waals surface area (Å²) >= 11 is 5.73. The SMILES string of the molecule is Cl.O=C(N[C@H]1CC[C@@H](Nc2cc(CO)ccn2)CC1)c1ccc(F)c(Cl)c1. The number of carbonyl (C=O) groups is 1. The van der Waals surface area contributed by atoms with Gasteiger partial charge < -0.3 is 15.7 Å². The molecule has 2 aromatic rings. The van der Waals surface area contributed by atoms with Crippen LogP contribution in [0.5, 0.6) is 0 Å². The Kier molecular flexibility index (Phi) is 7.83. The molecule has 1 aliphatic carbocycles. The molecule has 1 heterocycles. The van der Waals surface area contributed by atoms with Gasteiger partial charge in [-0.25, -0.2) is 9.37 Å². The Morgan fingerprint density at radius 1 is 1.19 bits per heavy atom. The standard InChI is InChI=1S/C19H21ClFN3O2.ClH/c20-16-10-13(1-6-17(16)21)19(26)24-15-4-2-14(3-5-15)23-18-9-12(11-25)7-8-22-18;/h1,6-10,14-15,25H,2-5,11H2,(H,22,23)(H,24,26);1H/t14-,15+;. The Bertz CT molecular complexity index is 783. The molecule has 0 radical (unpaired) electrons. The Labute approximate surface area is 168 Å². The van der Waals surface area contributed by atoms with Crippen molar-refractivity contribution >= 4 is 35.7 Å². The van der Waals surface area contributed by atoms with E-state index in [1.54, 1.807) is 12.3 Å². The van der Waals surface area contributed by atoms with Crippen LogP contribution in [-0.2, 0) is 6.61 Å². The number of anilines is 1. The van der Waals surface area contributed by atoms with Crippen molar-refractivity contribution in [3.8, 4) is 0 Å². The molecular formula is C19H22Cl2FN3O2. The smallest absolute Gasteiger partial charge is 0.251 e. The van der Waals surface area contributed by atoms with Crippen LogP contribution in [0.1, 0.15) is 41.6 Å². The first-order chi connectivity index (χ1) is 12.5. The van der Waals surface area contributed by atoms with Crippen LogP contribution in [0.15, 0.2) is 36.5 Å². The quantitative estimate of drug-likeness (QED) is 0.693. The van der Waals surface area contributed by atoms with E-state index in [0.717, 1.165) is 37.1 Å². The van der Waals surface area contributed by atoms with Gasteiger partial charge in [-0.3, -0.25) is 4.79 Å². The van der Waals surface area contributed by atoms with Gasteiger partial charge in [-0.05, 0) is 61.6 Å². The van der Waals surface area contributed by atoms with Crippen molar-refractivity contribution < 1.29 is 14.3 Å². The van der Waals surface area contributed by atoms with Gasteiger partial charge in [0.05, 0.1) is 11.6 Å². The largest absolute Gasteiger partial charge is 0.392 e. The van der Waals surface area contributed by atoms with Gasteiger partial charge in [0, 0.05) is 23.8 Å². The molecule has 0 aliphatic heterocycles. The first-order valence-corrected chi connectivity index (χ1v) is 9.01. The molecule has 3 N–H and O–H groups in total. The summed E-state index contributed by atoms with van der Waals surface area (Å²) in [6.45, 7) is -0.0105. The van der Waals surface area contributed by atoms with Gasteiger partial charge >= 0.3 is 0 Å². The molecule has 3 rings (SSSR count). The van der Waals surface area contributed by atoms with Gasteiger partial charge in [0.15, 0.2) is 0 Å². The Balaban J connectivity index is 0.00000261. The maximum atomic E-state index is 13.2. The number of pyridine rings is 1. The average Bonchev–Trinajstić information content (AvgIpc) is 2.65. The fraction of sp³-hybridized carbons (Fsp3) is 0.368. The Morgan fingerprint density at radius 3 is 2.56 bits per heavy atom. The van der Waals surface area contributed by atoms with E-state index in [1.165, 1.54) is 18.2 Å². The number of hydrogen-bond donors (Lipinski definition) is 3. The molecular weight excluding hydrogens is 392 g/mol. The van der Waals surface area contributed by atoms with E-state index in [0.29, 0.717) is 5.56 Å². The minimum atomic E-state index is -0.534. The highest BCUT2D eigenvalue weighted by Crippen LogP contribution is 2.23. The number of benzene rings is 1. The molecule has 8 heteroatoms. The van der Waals surface area contributed by atoms with Crippen LogP contribution in [-0.4, -0.2) is 28.1 Å². The van der Waals surface area contributed by atoms with Crippen molar-refractivity contribution in [2.75, 3.05) is 5.32 Å². The molecule has 1 fully saturated rings. The van der Waals surface area contributed by atoms with E-state index < -0.39 is 5.82 Å². The number of aliphatic hydroxyl groups excluding tert-OH is 1. The number of amides is 1. The molecule has 146 valence electrons. The minimum Gasteiger partial charge on any atom is -0.392 e. The van der Waals surface area contributed by atoms with E-state index in [-0.39, 0.29) is 42.0 Å². The molecule has 5 nitrogen and oxygen atoms in total. The van der Waals surface area contributed by atoms with Crippen molar-refractivity contribution in [1.29, 1.82) is 0 Å². The van der Waals surface area contributed by atoms with E-state index in [9.17, 15) is 14.3 Å². The minimum absolute atomic E-state index is 0. The van der Waals surface area contributed by atoms with Crippen LogP contribution in [0.25, 0.3) is 0 Å². The van der Waals surface area contributed by atoms with Crippen LogP contribution < -0.4 is 10.6 Å². The van der Waals surface area contributed by atoms with Crippen molar-refractivity contribution in [3.05, 3.63) is 58.5 Å². The molecule has 1 saturated carbocycles. The number of aliphatic hydroxyl groups is 1. The highest BCUT2D eigenvalue weighted by atomic mass is 35.5. The third-order valence-corrected chi connectivity index (χ3v) is 4.89. The zero-order valence-corrected chi connectivity index (χ0v) is 16.2. The van der Waals surface area contributed by atoms with Crippen LogP contribution in [0.2, 0.25) is 5.02 Å². The van der Waals surface area contributed by atoms with Gasteiger partial charge in [0.2, 0.25) is 0 Å². The van der Waals surface area contributed by atoms with Crippen LogP contribution >= 0.6 is 24.0 Å². The predicted octanol–water partition coefficient (Wildman–Crippen LogP) is 3.94. The Hall–Kier alpha value is -1.89. The first kappa shape index (κ1) is 21.4. The van der Waals surface area contributed by atoms with Gasteiger partial charge in [-0.15, -0.1) is 12.4 Å². The summed E-state index contributed by atoms with van der Waals surface area (Å²) < 4.78 is 13.2.